The van der Waals surface area contributed by atoms with Gasteiger partial charge in [-0.3, -0.25) is 4.79 Å². The van der Waals surface area contributed by atoms with Gasteiger partial charge in [-0.1, -0.05) is 43.6 Å². The van der Waals surface area contributed by atoms with E-state index in [9.17, 15) is 4.79 Å². The summed E-state index contributed by atoms with van der Waals surface area (Å²) in [7, 11) is 0. The molecule has 1 N–H and O–H groups in total. The maximum Gasteiger partial charge on any atom is 0.271 e. The molecule has 6 heteroatoms. The molecule has 0 radical (unpaired) electrons. The Morgan fingerprint density at radius 3 is 2.76 bits per heavy atom. The number of aromatic nitrogens is 2. The molecule has 1 aromatic heterocycles. The fourth-order valence-electron chi connectivity index (χ4n) is 1.08. The Bertz CT molecular complexity index is 446. The number of hydrogen-bond acceptors (Lipinski definition) is 3. The van der Waals surface area contributed by atoms with Crippen LogP contribution in [0.3, 0.4) is 0 Å². The van der Waals surface area contributed by atoms with E-state index in [4.69, 9.17) is 23.2 Å². The molecule has 0 spiro atoms. The topological polar surface area (TPSA) is 54.9 Å². The van der Waals surface area contributed by atoms with Crippen LogP contribution < -0.4 is 5.32 Å². The standard InChI is InChI=1S/C11H13Cl2N3O/c1-6(2)10-14-5-8(13)9(16-10)11(17)15-4-7(3)12/h5-6H,3-4H2,1-2H3,(H,15,17). The highest BCUT2D eigenvalue weighted by Crippen LogP contribution is 2.16. The molecule has 0 aliphatic heterocycles. The molecule has 0 atom stereocenters. The summed E-state index contributed by atoms with van der Waals surface area (Å²) < 4.78 is 0. The van der Waals surface area contributed by atoms with Gasteiger partial charge in [-0.15, -0.1) is 0 Å². The highest BCUT2D eigenvalue weighted by Gasteiger charge is 2.15. The van der Waals surface area contributed by atoms with Crippen LogP contribution in [0.5, 0.6) is 0 Å². The number of rotatable bonds is 4. The third kappa shape index (κ3) is 3.98. The van der Waals surface area contributed by atoms with E-state index in [-0.39, 0.29) is 29.1 Å². The molecule has 4 nitrogen and oxygen atoms in total. The summed E-state index contributed by atoms with van der Waals surface area (Å²) >= 11 is 11.4. The zero-order valence-electron chi connectivity index (χ0n) is 9.63. The largest absolute Gasteiger partial charge is 0.346 e. The van der Waals surface area contributed by atoms with Gasteiger partial charge < -0.3 is 5.32 Å². The summed E-state index contributed by atoms with van der Waals surface area (Å²) in [6.07, 6.45) is 1.42. The first kappa shape index (κ1) is 13.9. The summed E-state index contributed by atoms with van der Waals surface area (Å²) in [6.45, 7) is 7.52. The van der Waals surface area contributed by atoms with E-state index in [0.717, 1.165) is 0 Å². The van der Waals surface area contributed by atoms with Gasteiger partial charge in [0, 0.05) is 11.0 Å². The van der Waals surface area contributed by atoms with Gasteiger partial charge >= 0.3 is 0 Å². The molecule has 0 saturated heterocycles. The number of hydrogen-bond donors (Lipinski definition) is 1. The highest BCUT2D eigenvalue weighted by atomic mass is 35.5. The van der Waals surface area contributed by atoms with Crippen LogP contribution in [0.2, 0.25) is 5.02 Å². The van der Waals surface area contributed by atoms with Gasteiger partial charge in [0.15, 0.2) is 0 Å². The molecule has 1 amide bonds. The monoisotopic (exact) mass is 273 g/mol. The van der Waals surface area contributed by atoms with E-state index in [1.54, 1.807) is 0 Å². The predicted molar refractivity (Wildman–Crippen MR) is 68.5 cm³/mol. The van der Waals surface area contributed by atoms with Crippen molar-refractivity contribution >= 4 is 29.1 Å². The molecule has 1 rings (SSSR count). The van der Waals surface area contributed by atoms with Crippen molar-refractivity contribution in [2.75, 3.05) is 6.54 Å². The molecule has 1 heterocycles. The molecule has 0 bridgehead atoms. The second-order valence-corrected chi connectivity index (χ2v) is 4.72. The van der Waals surface area contributed by atoms with Crippen molar-refractivity contribution in [1.82, 2.24) is 15.3 Å². The van der Waals surface area contributed by atoms with Crippen LogP contribution in [0.4, 0.5) is 0 Å². The average molecular weight is 274 g/mol. The lowest BCUT2D eigenvalue weighted by molar-refractivity contribution is 0.0952. The van der Waals surface area contributed by atoms with Gasteiger partial charge in [0.05, 0.1) is 17.8 Å². The number of nitrogens with one attached hydrogen (secondary N) is 1. The fraction of sp³-hybridized carbons (Fsp3) is 0.364. The van der Waals surface area contributed by atoms with Crippen LogP contribution >= 0.6 is 23.2 Å². The van der Waals surface area contributed by atoms with Crippen LogP contribution in [0, 0.1) is 0 Å². The molecular weight excluding hydrogens is 261 g/mol. The summed E-state index contributed by atoms with van der Waals surface area (Å²) in [5, 5.41) is 3.12. The number of halogens is 2. The van der Waals surface area contributed by atoms with Crippen LogP contribution in [0.15, 0.2) is 17.8 Å². The lowest BCUT2D eigenvalue weighted by atomic mass is 10.2. The Balaban J connectivity index is 2.92. The zero-order valence-corrected chi connectivity index (χ0v) is 11.1. The van der Waals surface area contributed by atoms with Gasteiger partial charge in [0.25, 0.3) is 5.91 Å². The van der Waals surface area contributed by atoms with Gasteiger partial charge in [-0.2, -0.15) is 0 Å². The summed E-state index contributed by atoms with van der Waals surface area (Å²) in [6, 6.07) is 0. The van der Waals surface area contributed by atoms with E-state index in [1.165, 1.54) is 6.20 Å². The average Bonchev–Trinajstić information content (AvgIpc) is 2.26. The zero-order chi connectivity index (χ0) is 13.0. The van der Waals surface area contributed by atoms with E-state index in [1.807, 2.05) is 13.8 Å². The molecule has 0 aliphatic rings. The molecule has 0 fully saturated rings. The number of nitrogens with zero attached hydrogens (tertiary/aromatic N) is 2. The van der Waals surface area contributed by atoms with Gasteiger partial charge in [0.1, 0.15) is 11.5 Å². The molecule has 0 aliphatic carbocycles. The van der Waals surface area contributed by atoms with E-state index < -0.39 is 0 Å². The van der Waals surface area contributed by atoms with Crippen LogP contribution in [-0.2, 0) is 0 Å². The van der Waals surface area contributed by atoms with Crippen LogP contribution in [0.1, 0.15) is 36.1 Å². The third-order valence-electron chi connectivity index (χ3n) is 1.93. The molecule has 92 valence electrons. The molecule has 17 heavy (non-hydrogen) atoms. The minimum absolute atomic E-state index is 0.127. The lowest BCUT2D eigenvalue weighted by Crippen LogP contribution is -2.26. The fourth-order valence-corrected chi connectivity index (χ4v) is 1.32. The first-order valence-corrected chi connectivity index (χ1v) is 5.81. The minimum atomic E-state index is -0.388. The smallest absolute Gasteiger partial charge is 0.271 e. The Morgan fingerprint density at radius 1 is 1.59 bits per heavy atom. The summed E-state index contributed by atoms with van der Waals surface area (Å²) in [5.74, 6) is 0.312. The maximum atomic E-state index is 11.8. The summed E-state index contributed by atoms with van der Waals surface area (Å²) in [5.41, 5.74) is 0.156. The van der Waals surface area contributed by atoms with Crippen molar-refractivity contribution in [3.8, 4) is 0 Å². The Hall–Kier alpha value is -1.13. The predicted octanol–water partition coefficient (Wildman–Crippen LogP) is 2.74. The Kier molecular flexibility index (Phi) is 4.90. The first-order valence-electron chi connectivity index (χ1n) is 5.05. The lowest BCUT2D eigenvalue weighted by Gasteiger charge is -2.08. The van der Waals surface area contributed by atoms with Gasteiger partial charge in [-0.05, 0) is 0 Å². The van der Waals surface area contributed by atoms with Crippen molar-refractivity contribution in [2.24, 2.45) is 0 Å². The summed E-state index contributed by atoms with van der Waals surface area (Å²) in [4.78, 5) is 19.9. The third-order valence-corrected chi connectivity index (χ3v) is 2.35. The maximum absolute atomic E-state index is 11.8. The Morgan fingerprint density at radius 2 is 2.24 bits per heavy atom. The van der Waals surface area contributed by atoms with Crippen molar-refractivity contribution in [1.29, 1.82) is 0 Å². The van der Waals surface area contributed by atoms with E-state index >= 15 is 0 Å². The van der Waals surface area contributed by atoms with Gasteiger partial charge in [0.2, 0.25) is 0 Å². The molecule has 0 unspecified atom stereocenters. The molecule has 0 aromatic carbocycles. The van der Waals surface area contributed by atoms with E-state index in [2.05, 4.69) is 21.9 Å². The van der Waals surface area contributed by atoms with Crippen molar-refractivity contribution < 1.29 is 4.79 Å². The molecule has 0 saturated carbocycles. The highest BCUT2D eigenvalue weighted by molar-refractivity contribution is 6.33. The number of amides is 1. The van der Waals surface area contributed by atoms with Crippen molar-refractivity contribution in [3.05, 3.63) is 34.3 Å². The Labute approximate surface area is 110 Å². The quantitative estimate of drug-likeness (QED) is 0.918. The van der Waals surface area contributed by atoms with Gasteiger partial charge in [-0.25, -0.2) is 9.97 Å². The SMILES string of the molecule is C=C(Cl)CNC(=O)c1nc(C(C)C)ncc1Cl. The molecule has 1 aromatic rings. The normalized spacial score (nSPS) is 10.4. The second-order valence-electron chi connectivity index (χ2n) is 3.78. The van der Waals surface area contributed by atoms with E-state index in [0.29, 0.717) is 10.9 Å². The van der Waals surface area contributed by atoms with Crippen molar-refractivity contribution in [3.63, 3.8) is 0 Å². The molecular formula is C11H13Cl2N3O. The van der Waals surface area contributed by atoms with Crippen LogP contribution in [0.25, 0.3) is 0 Å². The number of carbonyl (C=O) groups excluding carboxylic acids is 1. The van der Waals surface area contributed by atoms with Crippen LogP contribution in [-0.4, -0.2) is 22.4 Å². The second kappa shape index (κ2) is 5.98. The van der Waals surface area contributed by atoms with Crippen molar-refractivity contribution in [2.45, 2.75) is 19.8 Å². The number of carbonyl (C=O) groups is 1. The minimum Gasteiger partial charge on any atom is -0.346 e. The first-order chi connectivity index (χ1) is 7.91.